The van der Waals surface area contributed by atoms with Gasteiger partial charge in [0.1, 0.15) is 0 Å². The molecule has 17 heteroatoms. The van der Waals surface area contributed by atoms with E-state index < -0.39 is 114 Å². The van der Waals surface area contributed by atoms with Crippen LogP contribution in [0.2, 0.25) is 0 Å². The zero-order valence-corrected chi connectivity index (χ0v) is 30.2. The Morgan fingerprint density at radius 2 is 1.27 bits per heavy atom. The van der Waals surface area contributed by atoms with Gasteiger partial charge < -0.3 is 18.9 Å². The number of hydrogen-bond donors (Lipinski definition) is 0. The normalized spacial score (nSPS) is 30.9. The molecular formula is C34H51F13O4. The molecule has 3 aliphatic carbocycles. The number of rotatable bonds is 16. The highest BCUT2D eigenvalue weighted by Gasteiger charge is 2.89. The Morgan fingerprint density at radius 3 is 1.71 bits per heavy atom. The molecule has 3 aliphatic rings. The minimum absolute atomic E-state index is 0.0674. The molecule has 51 heavy (non-hydrogen) atoms. The van der Waals surface area contributed by atoms with Gasteiger partial charge in [-0.3, -0.25) is 0 Å². The third-order valence-corrected chi connectivity index (χ3v) is 12.2. The fourth-order valence-electron chi connectivity index (χ4n) is 10.1. The summed E-state index contributed by atoms with van der Waals surface area (Å²) in [4.78, 5) is 0. The molecule has 302 valence electrons. The summed E-state index contributed by atoms with van der Waals surface area (Å²) >= 11 is 0. The van der Waals surface area contributed by atoms with Crippen molar-refractivity contribution in [3.8, 4) is 0 Å². The smallest absolute Gasteiger partial charge is 0.356 e. The molecule has 9 atom stereocenters. The molecule has 0 heterocycles. The molecule has 0 amide bonds. The predicted molar refractivity (Wildman–Crippen MR) is 160 cm³/mol. The van der Waals surface area contributed by atoms with E-state index >= 15 is 17.6 Å². The van der Waals surface area contributed by atoms with E-state index in [-0.39, 0.29) is 44.9 Å². The molecule has 3 saturated carbocycles. The van der Waals surface area contributed by atoms with Crippen molar-refractivity contribution in [2.75, 3.05) is 13.7 Å². The topological polar surface area (TPSA) is 36.9 Å². The van der Waals surface area contributed by atoms with Crippen LogP contribution < -0.4 is 0 Å². The Labute approximate surface area is 290 Å². The quantitative estimate of drug-likeness (QED) is 0.116. The maximum atomic E-state index is 15.8. The first kappa shape index (κ1) is 44.3. The molecule has 0 radical (unpaired) electrons. The lowest BCUT2D eigenvalue weighted by Gasteiger charge is -2.55. The molecule has 3 rings (SSSR count). The van der Waals surface area contributed by atoms with Gasteiger partial charge in [0.25, 0.3) is 0 Å². The van der Waals surface area contributed by atoms with Crippen molar-refractivity contribution >= 4 is 0 Å². The Morgan fingerprint density at radius 1 is 0.745 bits per heavy atom. The molecule has 0 spiro atoms. The highest BCUT2D eigenvalue weighted by molar-refractivity contribution is 5.20. The number of hydrogen-bond acceptors (Lipinski definition) is 4. The van der Waals surface area contributed by atoms with Crippen molar-refractivity contribution in [1.82, 2.24) is 0 Å². The molecule has 2 bridgehead atoms. The van der Waals surface area contributed by atoms with Gasteiger partial charge in [-0.25, -0.2) is 0 Å². The molecule has 0 aliphatic heterocycles. The third kappa shape index (κ3) is 7.49. The predicted octanol–water partition coefficient (Wildman–Crippen LogP) is 11.5. The third-order valence-electron chi connectivity index (χ3n) is 12.2. The minimum Gasteiger partial charge on any atom is -0.356 e. The largest absolute Gasteiger partial charge is 0.456 e. The summed E-state index contributed by atoms with van der Waals surface area (Å²) in [5.41, 5.74) is -10.6. The molecule has 9 unspecified atom stereocenters. The summed E-state index contributed by atoms with van der Waals surface area (Å²) in [6.07, 6.45) is -23.3. The van der Waals surface area contributed by atoms with E-state index in [2.05, 4.69) is 0 Å². The Hall–Kier alpha value is -1.07. The highest BCUT2D eigenvalue weighted by atomic mass is 19.4. The van der Waals surface area contributed by atoms with E-state index in [9.17, 15) is 39.5 Å². The fraction of sp³-hybridized carbons (Fsp3) is 1.00. The Kier molecular flexibility index (Phi) is 12.6. The number of methoxy groups -OCH3 is 1. The number of halogens is 13. The first-order valence-electron chi connectivity index (χ1n) is 17.4. The van der Waals surface area contributed by atoms with E-state index in [1.165, 1.54) is 21.0 Å². The summed E-state index contributed by atoms with van der Waals surface area (Å²) in [6.45, 7) is 9.40. The first-order chi connectivity index (χ1) is 23.0. The molecular weight excluding hydrogens is 719 g/mol. The van der Waals surface area contributed by atoms with Gasteiger partial charge in [-0.2, -0.15) is 57.1 Å². The van der Waals surface area contributed by atoms with Crippen molar-refractivity contribution < 1.29 is 76.0 Å². The van der Waals surface area contributed by atoms with Crippen molar-refractivity contribution in [2.24, 2.45) is 40.4 Å². The van der Waals surface area contributed by atoms with Gasteiger partial charge in [-0.15, -0.1) is 0 Å². The van der Waals surface area contributed by atoms with Crippen LogP contribution in [0.5, 0.6) is 0 Å². The van der Waals surface area contributed by atoms with Crippen molar-refractivity contribution in [3.63, 3.8) is 0 Å². The molecule has 0 aromatic carbocycles. The van der Waals surface area contributed by atoms with Gasteiger partial charge in [0, 0.05) is 25.6 Å². The van der Waals surface area contributed by atoms with Crippen LogP contribution in [-0.4, -0.2) is 67.9 Å². The fourth-order valence-corrected chi connectivity index (χ4v) is 10.1. The van der Waals surface area contributed by atoms with Crippen molar-refractivity contribution in [2.45, 2.75) is 160 Å². The van der Waals surface area contributed by atoms with Crippen LogP contribution in [-0.2, 0) is 18.9 Å². The summed E-state index contributed by atoms with van der Waals surface area (Å²) in [5, 5.41) is 0. The maximum Gasteiger partial charge on any atom is 0.456 e. The molecule has 4 nitrogen and oxygen atoms in total. The second-order valence-corrected chi connectivity index (χ2v) is 15.8. The van der Waals surface area contributed by atoms with Crippen LogP contribution in [0.4, 0.5) is 57.1 Å². The second kappa shape index (κ2) is 14.5. The van der Waals surface area contributed by atoms with E-state index in [0.29, 0.717) is 6.92 Å². The van der Waals surface area contributed by atoms with Gasteiger partial charge in [0.15, 0.2) is 18.2 Å². The zero-order chi connectivity index (χ0) is 39.4. The van der Waals surface area contributed by atoms with Crippen LogP contribution in [0, 0.1) is 40.4 Å². The lowest BCUT2D eigenvalue weighted by molar-refractivity contribution is -0.461. The summed E-state index contributed by atoms with van der Waals surface area (Å²) < 4.78 is 214. The van der Waals surface area contributed by atoms with Crippen molar-refractivity contribution in [3.05, 3.63) is 0 Å². The van der Waals surface area contributed by atoms with Gasteiger partial charge in [-0.1, -0.05) is 41.0 Å². The van der Waals surface area contributed by atoms with Crippen molar-refractivity contribution in [1.29, 1.82) is 0 Å². The van der Waals surface area contributed by atoms with E-state index in [1.807, 2.05) is 0 Å². The summed E-state index contributed by atoms with van der Waals surface area (Å²) in [6, 6.07) is 0. The van der Waals surface area contributed by atoms with Crippen LogP contribution in [0.25, 0.3) is 0 Å². The van der Waals surface area contributed by atoms with Crippen LogP contribution in [0.15, 0.2) is 0 Å². The maximum absolute atomic E-state index is 15.8. The van der Waals surface area contributed by atoms with Gasteiger partial charge in [0.2, 0.25) is 5.60 Å². The summed E-state index contributed by atoms with van der Waals surface area (Å²) in [5.74, 6) is -20.7. The molecule has 0 aromatic heterocycles. The molecule has 0 N–H and O–H groups in total. The first-order valence-corrected chi connectivity index (χ1v) is 17.4. The standard InChI is InChI=1S/C34H51F13O4/c1-9-14-49-20(4)51-29(30(35,36)33(42,43)44,31(37,38)34(45,46)47)24-17-21-15-22(24)23(16-21)26(5,6)18-27(7,10-2)25-12-11-13-28(25,32(39,40)41)50-19(3)48-8/h19-25H,9-18H2,1-8H3. The molecule has 3 fully saturated rings. The van der Waals surface area contributed by atoms with Gasteiger partial charge in [-0.05, 0) is 93.8 Å². The molecule has 0 saturated heterocycles. The SMILES string of the molecule is CCCOC(C)OC(C1CC2CC1C(C(C)(C)CC(C)(CC)C1CCCC1(OC(C)OC)C(F)(F)F)C2)(C(F)(F)C(F)(F)F)C(F)(F)C(F)(F)F. The monoisotopic (exact) mass is 770 g/mol. The number of alkyl halides is 13. The highest BCUT2D eigenvalue weighted by Crippen LogP contribution is 2.70. The van der Waals surface area contributed by atoms with E-state index in [1.54, 1.807) is 27.7 Å². The van der Waals surface area contributed by atoms with E-state index in [4.69, 9.17) is 18.9 Å². The molecule has 0 aromatic rings. The van der Waals surface area contributed by atoms with Gasteiger partial charge in [0.05, 0.1) is 0 Å². The summed E-state index contributed by atoms with van der Waals surface area (Å²) in [7, 11) is 1.18. The number of ether oxygens (including phenoxy) is 4. The Balaban J connectivity index is 2.18. The lowest BCUT2D eigenvalue weighted by Crippen LogP contribution is -2.76. The average Bonchev–Trinajstić information content (AvgIpc) is 3.72. The zero-order valence-electron chi connectivity index (χ0n) is 30.2. The van der Waals surface area contributed by atoms with Crippen LogP contribution >= 0.6 is 0 Å². The van der Waals surface area contributed by atoms with Crippen LogP contribution in [0.1, 0.15) is 106 Å². The average molecular weight is 771 g/mol. The van der Waals surface area contributed by atoms with Gasteiger partial charge >= 0.3 is 30.4 Å². The number of fused-ring (bicyclic) bond motifs is 2. The minimum atomic E-state index is -6.90. The van der Waals surface area contributed by atoms with E-state index in [0.717, 1.165) is 0 Å². The Bertz CT molecular complexity index is 1140. The van der Waals surface area contributed by atoms with Crippen LogP contribution in [0.3, 0.4) is 0 Å². The second-order valence-electron chi connectivity index (χ2n) is 15.8. The lowest BCUT2D eigenvalue weighted by atomic mass is 9.55.